The van der Waals surface area contributed by atoms with Crippen molar-refractivity contribution in [2.24, 2.45) is 0 Å². The van der Waals surface area contributed by atoms with Gasteiger partial charge < -0.3 is 11.1 Å². The van der Waals surface area contributed by atoms with Gasteiger partial charge in [-0.25, -0.2) is 9.97 Å². The average Bonchev–Trinajstić information content (AvgIpc) is 2.67. The van der Waals surface area contributed by atoms with Crippen LogP contribution in [0, 0.1) is 6.92 Å². The Balaban J connectivity index is 1.68. The van der Waals surface area contributed by atoms with Crippen LogP contribution < -0.4 is 21.9 Å². The molecule has 5 N–H and O–H groups in total. The number of nitrogen functional groups attached to an aromatic ring is 1. The second-order valence-electron chi connectivity index (χ2n) is 5.86. The van der Waals surface area contributed by atoms with Gasteiger partial charge in [0.25, 0.3) is 0 Å². The fraction of sp³-hybridized carbons (Fsp3) is 0.105. The van der Waals surface area contributed by atoms with Crippen LogP contribution in [0.4, 0.5) is 23.0 Å². The van der Waals surface area contributed by atoms with Crippen LogP contribution in [0.25, 0.3) is 0 Å². The maximum Gasteiger partial charge on any atom is 0.242 e. The first-order valence-corrected chi connectivity index (χ1v) is 8.64. The van der Waals surface area contributed by atoms with Crippen molar-refractivity contribution < 1.29 is 4.79 Å². The fourth-order valence-electron chi connectivity index (χ4n) is 2.42. The largest absolute Gasteiger partial charge is 0.393 e. The molecule has 0 fully saturated rings. The molecule has 7 nitrogen and oxygen atoms in total. The first-order chi connectivity index (χ1) is 13.0. The quantitative estimate of drug-likeness (QED) is 0.487. The molecule has 0 aliphatic heterocycles. The summed E-state index contributed by atoms with van der Waals surface area (Å²) < 4.78 is 0. The molecule has 0 bridgehead atoms. The van der Waals surface area contributed by atoms with Crippen LogP contribution in [0.5, 0.6) is 0 Å². The fourth-order valence-corrected chi connectivity index (χ4v) is 2.59. The summed E-state index contributed by atoms with van der Waals surface area (Å²) >= 11 is 6.14. The van der Waals surface area contributed by atoms with E-state index in [1.807, 2.05) is 49.4 Å². The smallest absolute Gasteiger partial charge is 0.242 e. The summed E-state index contributed by atoms with van der Waals surface area (Å²) in [4.78, 5) is 20.3. The number of nitrogens with zero attached hydrogens (tertiary/aromatic N) is 2. The van der Waals surface area contributed by atoms with Crippen molar-refractivity contribution >= 4 is 40.5 Å². The highest BCUT2D eigenvalue weighted by Gasteiger charge is 2.11. The van der Waals surface area contributed by atoms with E-state index in [9.17, 15) is 4.79 Å². The molecule has 3 rings (SSSR count). The molecule has 8 heteroatoms. The highest BCUT2D eigenvalue weighted by atomic mass is 35.5. The number of carbonyl (C=O) groups is 1. The van der Waals surface area contributed by atoms with Gasteiger partial charge in [-0.3, -0.25) is 15.6 Å². The summed E-state index contributed by atoms with van der Waals surface area (Å²) in [5.74, 6) is 0.503. The molecule has 2 aromatic carbocycles. The number of hydrogen-bond donors (Lipinski definition) is 4. The van der Waals surface area contributed by atoms with Gasteiger partial charge in [0, 0.05) is 10.7 Å². The number of aromatic nitrogens is 2. The number of nitrogens with one attached hydrogen (secondary N) is 3. The van der Waals surface area contributed by atoms with E-state index in [4.69, 9.17) is 17.3 Å². The summed E-state index contributed by atoms with van der Waals surface area (Å²) in [6, 6.07) is 14.9. The van der Waals surface area contributed by atoms with Crippen molar-refractivity contribution in [1.82, 2.24) is 15.4 Å². The third-order valence-electron chi connectivity index (χ3n) is 3.93. The van der Waals surface area contributed by atoms with E-state index in [-0.39, 0.29) is 18.0 Å². The molecule has 1 aromatic heterocycles. The lowest BCUT2D eigenvalue weighted by molar-refractivity contribution is -0.119. The number of rotatable bonds is 6. The van der Waals surface area contributed by atoms with Crippen LogP contribution in [-0.2, 0) is 11.2 Å². The van der Waals surface area contributed by atoms with E-state index in [2.05, 4.69) is 26.1 Å². The molecule has 0 saturated heterocycles. The standard InChI is InChI=1S/C19H19ClN6O/c1-12-14(20)8-5-9-15(12)24-18-17(21)19(23-11-22-18)26-25-16(27)10-13-6-3-2-4-7-13/h2-9,11H,10,21H2,1H3,(H,25,27)(H2,22,23,24,26). The zero-order valence-corrected chi connectivity index (χ0v) is 15.4. The van der Waals surface area contributed by atoms with Crippen LogP contribution in [0.3, 0.4) is 0 Å². The molecule has 3 aromatic rings. The monoisotopic (exact) mass is 382 g/mol. The van der Waals surface area contributed by atoms with E-state index in [1.54, 1.807) is 6.07 Å². The number of halogens is 1. The lowest BCUT2D eigenvalue weighted by atomic mass is 10.1. The van der Waals surface area contributed by atoms with Gasteiger partial charge in [-0.15, -0.1) is 0 Å². The zero-order chi connectivity index (χ0) is 19.2. The van der Waals surface area contributed by atoms with Gasteiger partial charge in [-0.2, -0.15) is 0 Å². The Kier molecular flexibility index (Phi) is 5.73. The number of hydrazine groups is 1. The van der Waals surface area contributed by atoms with E-state index in [0.717, 1.165) is 16.8 Å². The number of hydrogen-bond acceptors (Lipinski definition) is 6. The molecule has 0 saturated carbocycles. The van der Waals surface area contributed by atoms with E-state index in [1.165, 1.54) is 6.33 Å². The Morgan fingerprint density at radius 3 is 2.59 bits per heavy atom. The van der Waals surface area contributed by atoms with Crippen molar-refractivity contribution in [3.05, 3.63) is 71.0 Å². The van der Waals surface area contributed by atoms with Gasteiger partial charge in [0.1, 0.15) is 12.0 Å². The molecule has 0 aliphatic carbocycles. The molecule has 0 radical (unpaired) electrons. The second kappa shape index (κ2) is 8.37. The van der Waals surface area contributed by atoms with Crippen LogP contribution >= 0.6 is 11.6 Å². The summed E-state index contributed by atoms with van der Waals surface area (Å²) in [7, 11) is 0. The summed E-state index contributed by atoms with van der Waals surface area (Å²) in [5.41, 5.74) is 14.3. The lowest BCUT2D eigenvalue weighted by Gasteiger charge is -2.14. The zero-order valence-electron chi connectivity index (χ0n) is 14.7. The molecule has 138 valence electrons. The number of amides is 1. The van der Waals surface area contributed by atoms with Crippen molar-refractivity contribution in [2.75, 3.05) is 16.5 Å². The SMILES string of the molecule is Cc1c(Cl)cccc1Nc1ncnc(NNC(=O)Cc2ccccc2)c1N. The Bertz CT molecular complexity index is 948. The number of anilines is 4. The Morgan fingerprint density at radius 2 is 1.81 bits per heavy atom. The highest BCUT2D eigenvalue weighted by Crippen LogP contribution is 2.29. The van der Waals surface area contributed by atoms with Crippen molar-refractivity contribution in [3.8, 4) is 0 Å². The molecule has 0 aliphatic rings. The molecule has 1 amide bonds. The normalized spacial score (nSPS) is 10.3. The van der Waals surface area contributed by atoms with E-state index in [0.29, 0.717) is 16.7 Å². The molecule has 0 atom stereocenters. The average molecular weight is 383 g/mol. The van der Waals surface area contributed by atoms with Gasteiger partial charge in [-0.1, -0.05) is 48.0 Å². The molecule has 1 heterocycles. The second-order valence-corrected chi connectivity index (χ2v) is 6.26. The highest BCUT2D eigenvalue weighted by molar-refractivity contribution is 6.31. The predicted octanol–water partition coefficient (Wildman–Crippen LogP) is 3.45. The Labute approximate surface area is 162 Å². The van der Waals surface area contributed by atoms with E-state index < -0.39 is 0 Å². The number of nitrogens with two attached hydrogens (primary N) is 1. The minimum atomic E-state index is -0.209. The van der Waals surface area contributed by atoms with Crippen LogP contribution in [0.1, 0.15) is 11.1 Å². The van der Waals surface area contributed by atoms with Crippen LogP contribution in [0.15, 0.2) is 54.9 Å². The maximum atomic E-state index is 12.1. The van der Waals surface area contributed by atoms with Crippen molar-refractivity contribution in [3.63, 3.8) is 0 Å². The lowest BCUT2D eigenvalue weighted by Crippen LogP contribution is -2.31. The van der Waals surface area contributed by atoms with Crippen molar-refractivity contribution in [1.29, 1.82) is 0 Å². The Hall–Kier alpha value is -3.32. The molecular weight excluding hydrogens is 364 g/mol. The number of carbonyl (C=O) groups excluding carboxylic acids is 1. The van der Waals surface area contributed by atoms with Gasteiger partial charge in [-0.05, 0) is 30.2 Å². The summed E-state index contributed by atoms with van der Waals surface area (Å²) in [6.07, 6.45) is 1.59. The molecular formula is C19H19ClN6O. The third kappa shape index (κ3) is 4.65. The number of benzene rings is 2. The van der Waals surface area contributed by atoms with Gasteiger partial charge in [0.2, 0.25) is 5.91 Å². The summed E-state index contributed by atoms with van der Waals surface area (Å²) in [5, 5.41) is 3.77. The van der Waals surface area contributed by atoms with Gasteiger partial charge in [0.05, 0.1) is 6.42 Å². The minimum Gasteiger partial charge on any atom is -0.393 e. The van der Waals surface area contributed by atoms with Crippen LogP contribution in [0.2, 0.25) is 5.02 Å². The molecule has 0 spiro atoms. The first-order valence-electron chi connectivity index (χ1n) is 8.26. The van der Waals surface area contributed by atoms with E-state index >= 15 is 0 Å². The molecule has 27 heavy (non-hydrogen) atoms. The minimum absolute atomic E-state index is 0.209. The summed E-state index contributed by atoms with van der Waals surface area (Å²) in [6.45, 7) is 1.89. The predicted molar refractivity (Wildman–Crippen MR) is 108 cm³/mol. The topological polar surface area (TPSA) is 105 Å². The Morgan fingerprint density at radius 1 is 1.07 bits per heavy atom. The van der Waals surface area contributed by atoms with Crippen LogP contribution in [-0.4, -0.2) is 15.9 Å². The first kappa shape index (κ1) is 18.5. The van der Waals surface area contributed by atoms with Gasteiger partial charge in [0.15, 0.2) is 11.6 Å². The van der Waals surface area contributed by atoms with Crippen molar-refractivity contribution in [2.45, 2.75) is 13.3 Å². The van der Waals surface area contributed by atoms with Gasteiger partial charge >= 0.3 is 0 Å². The molecule has 0 unspecified atom stereocenters. The third-order valence-corrected chi connectivity index (χ3v) is 4.34. The maximum absolute atomic E-state index is 12.1.